The number of aryl methyl sites for hydroxylation is 1. The quantitative estimate of drug-likeness (QED) is 0.238. The number of hydrogen-bond acceptors (Lipinski definition) is 9. The minimum absolute atomic E-state index is 0.110. The molecule has 0 spiro atoms. The van der Waals surface area contributed by atoms with Crippen LogP contribution in [0.5, 0.6) is 11.5 Å². The van der Waals surface area contributed by atoms with E-state index in [0.29, 0.717) is 28.3 Å². The van der Waals surface area contributed by atoms with Crippen LogP contribution >= 0.6 is 11.3 Å². The zero-order valence-electron chi connectivity index (χ0n) is 19.4. The van der Waals surface area contributed by atoms with Crippen LogP contribution in [0.1, 0.15) is 32.5 Å². The second-order valence-electron chi connectivity index (χ2n) is 7.55. The van der Waals surface area contributed by atoms with Crippen molar-refractivity contribution in [3.05, 3.63) is 75.8 Å². The lowest BCUT2D eigenvalue weighted by Crippen LogP contribution is -2.29. The average Bonchev–Trinajstić information content (AvgIpc) is 3.39. The molecule has 0 unspecified atom stereocenters. The number of benzene rings is 2. The van der Waals surface area contributed by atoms with Crippen molar-refractivity contribution >= 4 is 39.9 Å². The third-order valence-electron chi connectivity index (χ3n) is 5.58. The number of nitrogens with zero attached hydrogens (tertiary/aromatic N) is 2. The van der Waals surface area contributed by atoms with Gasteiger partial charge in [0, 0.05) is 5.56 Å². The third kappa shape index (κ3) is 4.12. The van der Waals surface area contributed by atoms with E-state index in [9.17, 15) is 19.5 Å². The van der Waals surface area contributed by atoms with Gasteiger partial charge in [-0.1, -0.05) is 47.7 Å². The van der Waals surface area contributed by atoms with Gasteiger partial charge in [-0.05, 0) is 24.6 Å². The molecule has 1 aromatic heterocycles. The molecule has 1 aliphatic rings. The van der Waals surface area contributed by atoms with E-state index in [1.54, 1.807) is 55.5 Å². The second-order valence-corrected chi connectivity index (χ2v) is 8.53. The molecule has 2 aromatic carbocycles. The van der Waals surface area contributed by atoms with Crippen molar-refractivity contribution in [1.82, 2.24) is 4.98 Å². The number of aromatic nitrogens is 1. The number of aliphatic hydroxyl groups excluding tert-OH is 1. The fraction of sp³-hybridized carbons (Fsp3) is 0.200. The van der Waals surface area contributed by atoms with Gasteiger partial charge >= 0.3 is 11.9 Å². The Hall–Kier alpha value is -4.18. The molecule has 1 N–H and O–H groups in total. The number of rotatable bonds is 6. The molecule has 3 aromatic rings. The first-order chi connectivity index (χ1) is 16.8. The molecule has 35 heavy (non-hydrogen) atoms. The highest BCUT2D eigenvalue weighted by Crippen LogP contribution is 2.45. The Morgan fingerprint density at radius 1 is 1.03 bits per heavy atom. The predicted molar refractivity (Wildman–Crippen MR) is 129 cm³/mol. The van der Waals surface area contributed by atoms with E-state index in [4.69, 9.17) is 14.2 Å². The molecule has 1 atom stereocenters. The van der Waals surface area contributed by atoms with Gasteiger partial charge in [-0.25, -0.2) is 9.78 Å². The van der Waals surface area contributed by atoms with Gasteiger partial charge in [0.25, 0.3) is 5.78 Å². The maximum absolute atomic E-state index is 13.3. The van der Waals surface area contributed by atoms with Crippen LogP contribution in [-0.4, -0.2) is 49.1 Å². The normalized spacial score (nSPS) is 16.9. The Bertz CT molecular complexity index is 1350. The Morgan fingerprint density at radius 3 is 2.34 bits per heavy atom. The van der Waals surface area contributed by atoms with E-state index in [1.807, 2.05) is 0 Å². The minimum atomic E-state index is -1.04. The van der Waals surface area contributed by atoms with Crippen LogP contribution in [0.3, 0.4) is 0 Å². The van der Waals surface area contributed by atoms with E-state index in [2.05, 4.69) is 4.98 Å². The lowest BCUT2D eigenvalue weighted by molar-refractivity contribution is -0.132. The van der Waals surface area contributed by atoms with Crippen molar-refractivity contribution in [1.29, 1.82) is 0 Å². The summed E-state index contributed by atoms with van der Waals surface area (Å²) in [7, 11) is 4.21. The standard InChI is InChI=1S/C25H22N2O7S/c1-13-22(24(31)34-4)35-25(26-13)27-19(15-10-11-16(32-2)17(12-15)33-3)18(21(29)23(27)30)20(28)14-8-6-5-7-9-14/h5-12,19,28H,1-4H3/t19-/m1/s1. The topological polar surface area (TPSA) is 115 Å². The predicted octanol–water partition coefficient (Wildman–Crippen LogP) is 3.88. The number of methoxy groups -OCH3 is 3. The smallest absolute Gasteiger partial charge is 0.350 e. The largest absolute Gasteiger partial charge is 0.507 e. The zero-order chi connectivity index (χ0) is 25.3. The van der Waals surface area contributed by atoms with Gasteiger partial charge in [0.2, 0.25) is 0 Å². The lowest BCUT2D eigenvalue weighted by atomic mass is 9.95. The van der Waals surface area contributed by atoms with E-state index in [-0.39, 0.29) is 21.3 Å². The summed E-state index contributed by atoms with van der Waals surface area (Å²) in [6.07, 6.45) is 0. The Morgan fingerprint density at radius 2 is 1.71 bits per heavy atom. The van der Waals surface area contributed by atoms with Crippen molar-refractivity contribution in [2.24, 2.45) is 0 Å². The Kier molecular flexibility index (Phi) is 6.57. The summed E-state index contributed by atoms with van der Waals surface area (Å²) in [5, 5.41) is 11.3. The number of esters is 1. The summed E-state index contributed by atoms with van der Waals surface area (Å²) in [6, 6.07) is 12.4. The van der Waals surface area contributed by atoms with Crippen molar-refractivity contribution < 1.29 is 33.7 Å². The summed E-state index contributed by atoms with van der Waals surface area (Å²) >= 11 is 0.928. The number of hydrogen-bond donors (Lipinski definition) is 1. The van der Waals surface area contributed by atoms with Crippen LogP contribution < -0.4 is 14.4 Å². The first kappa shape index (κ1) is 24.0. The molecule has 10 heteroatoms. The molecule has 4 rings (SSSR count). The van der Waals surface area contributed by atoms with E-state index in [0.717, 1.165) is 11.3 Å². The van der Waals surface area contributed by atoms with Crippen molar-refractivity contribution in [2.75, 3.05) is 26.2 Å². The average molecular weight is 495 g/mol. The Balaban J connectivity index is 1.96. The molecule has 0 bridgehead atoms. The van der Waals surface area contributed by atoms with Gasteiger partial charge in [0.15, 0.2) is 16.6 Å². The summed E-state index contributed by atoms with van der Waals surface area (Å²) in [4.78, 5) is 44.5. The van der Waals surface area contributed by atoms with E-state index in [1.165, 1.54) is 26.2 Å². The SMILES string of the molecule is COC(=O)c1sc(N2C(=O)C(=O)C(=C(O)c3ccccc3)[C@H]2c2ccc(OC)c(OC)c2)nc1C. The number of amides is 1. The molecule has 0 radical (unpaired) electrons. The van der Waals surface area contributed by atoms with Gasteiger partial charge in [0.1, 0.15) is 10.6 Å². The number of Topliss-reactive ketones (excluding diaryl/α,β-unsaturated/α-hetero) is 1. The molecule has 2 heterocycles. The number of ketones is 1. The molecule has 1 saturated heterocycles. The molecule has 180 valence electrons. The maximum Gasteiger partial charge on any atom is 0.350 e. The molecule has 1 amide bonds. The van der Waals surface area contributed by atoms with Gasteiger partial charge in [-0.3, -0.25) is 14.5 Å². The fourth-order valence-corrected chi connectivity index (χ4v) is 4.90. The summed E-state index contributed by atoms with van der Waals surface area (Å²) in [5.41, 5.74) is 1.10. The molecule has 9 nitrogen and oxygen atoms in total. The molecular weight excluding hydrogens is 472 g/mol. The van der Waals surface area contributed by atoms with Crippen LogP contribution in [0.2, 0.25) is 0 Å². The van der Waals surface area contributed by atoms with E-state index < -0.39 is 23.7 Å². The zero-order valence-corrected chi connectivity index (χ0v) is 20.2. The number of carbonyl (C=O) groups is 3. The van der Waals surface area contributed by atoms with E-state index >= 15 is 0 Å². The van der Waals surface area contributed by atoms with Crippen LogP contribution in [0.15, 0.2) is 54.1 Å². The number of ether oxygens (including phenoxy) is 3. The summed E-state index contributed by atoms with van der Waals surface area (Å²) in [5.74, 6) is -1.86. The van der Waals surface area contributed by atoms with Gasteiger partial charge in [-0.2, -0.15) is 0 Å². The molecule has 1 fully saturated rings. The number of aliphatic hydroxyl groups is 1. The van der Waals surface area contributed by atoms with Gasteiger partial charge in [0.05, 0.1) is 38.6 Å². The first-order valence-corrected chi connectivity index (χ1v) is 11.3. The fourth-order valence-electron chi connectivity index (χ4n) is 3.89. The van der Waals surface area contributed by atoms with Crippen LogP contribution in [0.4, 0.5) is 5.13 Å². The highest BCUT2D eigenvalue weighted by Gasteiger charge is 2.48. The second kappa shape index (κ2) is 9.59. The first-order valence-electron chi connectivity index (χ1n) is 10.5. The Labute approximate surface area is 205 Å². The number of carbonyl (C=O) groups excluding carboxylic acids is 3. The van der Waals surface area contributed by atoms with Gasteiger partial charge in [-0.15, -0.1) is 0 Å². The minimum Gasteiger partial charge on any atom is -0.507 e. The molecule has 0 saturated carbocycles. The lowest BCUT2D eigenvalue weighted by Gasteiger charge is -2.23. The maximum atomic E-state index is 13.3. The summed E-state index contributed by atoms with van der Waals surface area (Å²) in [6.45, 7) is 1.61. The van der Waals surface area contributed by atoms with Crippen molar-refractivity contribution in [3.8, 4) is 11.5 Å². The number of anilines is 1. The van der Waals surface area contributed by atoms with Crippen LogP contribution in [0.25, 0.3) is 5.76 Å². The monoisotopic (exact) mass is 494 g/mol. The van der Waals surface area contributed by atoms with Gasteiger partial charge < -0.3 is 19.3 Å². The van der Waals surface area contributed by atoms with Crippen LogP contribution in [0, 0.1) is 6.92 Å². The molecule has 1 aliphatic heterocycles. The molecular formula is C25H22N2O7S. The molecule has 0 aliphatic carbocycles. The van der Waals surface area contributed by atoms with Crippen molar-refractivity contribution in [2.45, 2.75) is 13.0 Å². The van der Waals surface area contributed by atoms with Crippen LogP contribution in [-0.2, 0) is 14.3 Å². The highest BCUT2D eigenvalue weighted by atomic mass is 32.1. The highest BCUT2D eigenvalue weighted by molar-refractivity contribution is 7.17. The third-order valence-corrected chi connectivity index (χ3v) is 6.71. The summed E-state index contributed by atoms with van der Waals surface area (Å²) < 4.78 is 15.5. The van der Waals surface area contributed by atoms with Crippen molar-refractivity contribution in [3.63, 3.8) is 0 Å². The number of thiazole rings is 1.